The molecule has 0 aliphatic carbocycles. The van der Waals surface area contributed by atoms with Crippen LogP contribution in [-0.4, -0.2) is 24.1 Å². The van der Waals surface area contributed by atoms with Gasteiger partial charge in [0.1, 0.15) is 0 Å². The van der Waals surface area contributed by atoms with Crippen molar-refractivity contribution in [3.8, 4) is 0 Å². The zero-order chi connectivity index (χ0) is 15.5. The number of carbonyl (C=O) groups excluding carboxylic acids is 2. The lowest BCUT2D eigenvalue weighted by Crippen LogP contribution is -2.15. The van der Waals surface area contributed by atoms with Crippen molar-refractivity contribution in [3.63, 3.8) is 0 Å². The molecule has 6 nitrogen and oxygen atoms in total. The van der Waals surface area contributed by atoms with Gasteiger partial charge in [-0.05, 0) is 24.3 Å². The van der Waals surface area contributed by atoms with Gasteiger partial charge in [0.25, 0.3) is 5.91 Å². The number of amides is 1. The third-order valence-corrected chi connectivity index (χ3v) is 3.17. The van der Waals surface area contributed by atoms with Crippen molar-refractivity contribution in [1.29, 1.82) is 0 Å². The molecule has 3 aromatic rings. The number of methoxy groups -OCH3 is 1. The molecule has 2 aromatic carbocycles. The molecule has 1 aromatic heterocycles. The molecule has 0 saturated heterocycles. The van der Waals surface area contributed by atoms with E-state index in [4.69, 9.17) is 9.26 Å². The van der Waals surface area contributed by atoms with E-state index in [1.165, 1.54) is 7.11 Å². The zero-order valence-electron chi connectivity index (χ0n) is 11.7. The number of nitrogens with zero attached hydrogens (tertiary/aromatic N) is 1. The maximum atomic E-state index is 12.4. The summed E-state index contributed by atoms with van der Waals surface area (Å²) >= 11 is 0. The number of rotatable bonds is 3. The second-order valence-electron chi connectivity index (χ2n) is 4.52. The molecule has 1 heterocycles. The fraction of sp³-hybridized carbons (Fsp3) is 0.0625. The number of hydrogen-bond acceptors (Lipinski definition) is 5. The number of benzene rings is 2. The van der Waals surface area contributed by atoms with E-state index in [9.17, 15) is 9.59 Å². The fourth-order valence-corrected chi connectivity index (χ4v) is 2.11. The van der Waals surface area contributed by atoms with Crippen LogP contribution < -0.4 is 5.32 Å². The van der Waals surface area contributed by atoms with E-state index in [0.29, 0.717) is 16.7 Å². The van der Waals surface area contributed by atoms with Crippen molar-refractivity contribution in [1.82, 2.24) is 5.16 Å². The van der Waals surface area contributed by atoms with E-state index in [0.717, 1.165) is 0 Å². The van der Waals surface area contributed by atoms with E-state index in [-0.39, 0.29) is 11.3 Å². The topological polar surface area (TPSA) is 81.4 Å². The monoisotopic (exact) mass is 296 g/mol. The molecule has 22 heavy (non-hydrogen) atoms. The van der Waals surface area contributed by atoms with E-state index in [2.05, 4.69) is 10.5 Å². The molecule has 1 amide bonds. The fourth-order valence-electron chi connectivity index (χ4n) is 2.11. The highest BCUT2D eigenvalue weighted by molar-refractivity contribution is 6.12. The predicted molar refractivity (Wildman–Crippen MR) is 79.7 cm³/mol. The molecule has 0 fully saturated rings. The summed E-state index contributed by atoms with van der Waals surface area (Å²) in [7, 11) is 1.28. The van der Waals surface area contributed by atoms with Crippen molar-refractivity contribution in [2.45, 2.75) is 0 Å². The summed E-state index contributed by atoms with van der Waals surface area (Å²) in [5.74, 6) is -0.984. The summed E-state index contributed by atoms with van der Waals surface area (Å²) in [4.78, 5) is 24.1. The lowest BCUT2D eigenvalue weighted by Gasteiger charge is -2.08. The van der Waals surface area contributed by atoms with Gasteiger partial charge < -0.3 is 14.6 Å². The van der Waals surface area contributed by atoms with Crippen LogP contribution in [0.3, 0.4) is 0 Å². The molecule has 0 aliphatic rings. The van der Waals surface area contributed by atoms with E-state index >= 15 is 0 Å². The summed E-state index contributed by atoms with van der Waals surface area (Å²) in [6.07, 6.45) is 0. The quantitative estimate of drug-likeness (QED) is 0.751. The van der Waals surface area contributed by atoms with Gasteiger partial charge in [0.15, 0.2) is 11.3 Å². The van der Waals surface area contributed by atoms with Crippen molar-refractivity contribution in [2.24, 2.45) is 0 Å². The number of aromatic nitrogens is 1. The highest BCUT2D eigenvalue weighted by atomic mass is 16.5. The number of nitrogens with one attached hydrogen (secondary N) is 1. The van der Waals surface area contributed by atoms with Gasteiger partial charge in [-0.25, -0.2) is 4.79 Å². The third kappa shape index (κ3) is 2.42. The molecule has 0 unspecified atom stereocenters. The summed E-state index contributed by atoms with van der Waals surface area (Å²) in [6, 6.07) is 13.6. The number of hydrogen-bond donors (Lipinski definition) is 1. The minimum atomic E-state index is -0.527. The average Bonchev–Trinajstić information content (AvgIpc) is 2.99. The van der Waals surface area contributed by atoms with E-state index in [1.54, 1.807) is 48.5 Å². The zero-order valence-corrected chi connectivity index (χ0v) is 11.7. The van der Waals surface area contributed by atoms with Crippen LogP contribution in [0.1, 0.15) is 20.8 Å². The molecular formula is C16H12N2O4. The first-order valence-electron chi connectivity index (χ1n) is 6.54. The van der Waals surface area contributed by atoms with Crippen LogP contribution >= 0.6 is 0 Å². The summed E-state index contributed by atoms with van der Waals surface area (Å²) in [5.41, 5.74) is 1.31. The summed E-state index contributed by atoms with van der Waals surface area (Å²) < 4.78 is 9.80. The van der Waals surface area contributed by atoms with Crippen LogP contribution in [0.25, 0.3) is 11.0 Å². The Morgan fingerprint density at radius 1 is 1.09 bits per heavy atom. The molecule has 110 valence electrons. The molecule has 0 saturated carbocycles. The molecule has 0 radical (unpaired) electrons. The lowest BCUT2D eigenvalue weighted by atomic mass is 10.1. The Kier molecular flexibility index (Phi) is 3.57. The maximum Gasteiger partial charge on any atom is 0.339 e. The molecule has 0 bridgehead atoms. The highest BCUT2D eigenvalue weighted by Gasteiger charge is 2.18. The Morgan fingerprint density at radius 2 is 1.82 bits per heavy atom. The van der Waals surface area contributed by atoms with Crippen LogP contribution in [0.15, 0.2) is 53.1 Å². The van der Waals surface area contributed by atoms with Crippen LogP contribution in [0.5, 0.6) is 0 Å². The molecule has 0 aliphatic heterocycles. The lowest BCUT2D eigenvalue weighted by molar-refractivity contribution is 0.0602. The highest BCUT2D eigenvalue weighted by Crippen LogP contribution is 2.21. The Balaban J connectivity index is 1.94. The molecule has 1 N–H and O–H groups in total. The third-order valence-electron chi connectivity index (χ3n) is 3.17. The maximum absolute atomic E-state index is 12.4. The van der Waals surface area contributed by atoms with Crippen LogP contribution in [-0.2, 0) is 4.74 Å². The van der Waals surface area contributed by atoms with Crippen LogP contribution in [0.4, 0.5) is 5.69 Å². The van der Waals surface area contributed by atoms with Crippen molar-refractivity contribution < 1.29 is 18.8 Å². The van der Waals surface area contributed by atoms with Crippen molar-refractivity contribution >= 4 is 28.5 Å². The van der Waals surface area contributed by atoms with E-state index < -0.39 is 11.9 Å². The SMILES string of the molecule is COC(=O)c1ccccc1NC(=O)c1noc2ccccc12. The molecule has 0 spiro atoms. The Labute approximate surface area is 125 Å². The first kappa shape index (κ1) is 13.8. The smallest absolute Gasteiger partial charge is 0.339 e. The van der Waals surface area contributed by atoms with Gasteiger partial charge in [0.2, 0.25) is 0 Å². The summed E-state index contributed by atoms with van der Waals surface area (Å²) in [6.45, 7) is 0. The number of ether oxygens (including phenoxy) is 1. The predicted octanol–water partition coefficient (Wildman–Crippen LogP) is 2.87. The number of fused-ring (bicyclic) bond motifs is 1. The Bertz CT molecular complexity index is 854. The Hall–Kier alpha value is -3.15. The molecular weight excluding hydrogens is 284 g/mol. The van der Waals surface area contributed by atoms with E-state index in [1.807, 2.05) is 0 Å². The van der Waals surface area contributed by atoms with Gasteiger partial charge >= 0.3 is 5.97 Å². The minimum Gasteiger partial charge on any atom is -0.465 e. The average molecular weight is 296 g/mol. The van der Waals surface area contributed by atoms with Crippen LogP contribution in [0, 0.1) is 0 Å². The molecule has 0 atom stereocenters. The normalized spacial score (nSPS) is 10.4. The second-order valence-corrected chi connectivity index (χ2v) is 4.52. The number of esters is 1. The molecule has 6 heteroatoms. The minimum absolute atomic E-state index is 0.162. The summed E-state index contributed by atoms with van der Waals surface area (Å²) in [5, 5.41) is 7.05. The van der Waals surface area contributed by atoms with Gasteiger partial charge in [0.05, 0.1) is 23.7 Å². The van der Waals surface area contributed by atoms with Gasteiger partial charge in [-0.1, -0.05) is 29.4 Å². The Morgan fingerprint density at radius 3 is 2.64 bits per heavy atom. The largest absolute Gasteiger partial charge is 0.465 e. The second kappa shape index (κ2) is 5.69. The van der Waals surface area contributed by atoms with Gasteiger partial charge in [0, 0.05) is 0 Å². The number of para-hydroxylation sites is 2. The number of anilines is 1. The number of carbonyl (C=O) groups is 2. The molecule has 3 rings (SSSR count). The first-order chi connectivity index (χ1) is 10.7. The van der Waals surface area contributed by atoms with Crippen molar-refractivity contribution in [3.05, 3.63) is 59.8 Å². The van der Waals surface area contributed by atoms with Gasteiger partial charge in [-0.2, -0.15) is 0 Å². The van der Waals surface area contributed by atoms with Gasteiger partial charge in [-0.3, -0.25) is 4.79 Å². The standard InChI is InChI=1S/C16H12N2O4/c1-21-16(20)10-6-2-4-8-12(10)17-15(19)14-11-7-3-5-9-13(11)22-18-14/h2-9H,1H3,(H,17,19). The van der Waals surface area contributed by atoms with Crippen molar-refractivity contribution in [2.75, 3.05) is 12.4 Å². The van der Waals surface area contributed by atoms with Crippen LogP contribution in [0.2, 0.25) is 0 Å². The first-order valence-corrected chi connectivity index (χ1v) is 6.54. The van der Waals surface area contributed by atoms with Gasteiger partial charge in [-0.15, -0.1) is 0 Å².